The van der Waals surface area contributed by atoms with E-state index in [4.69, 9.17) is 23.2 Å². The molecule has 2 rings (SSSR count). The molecule has 0 radical (unpaired) electrons. The van der Waals surface area contributed by atoms with Crippen LogP contribution in [0.4, 0.5) is 0 Å². The molecular weight excluding hydrogens is 335 g/mol. The maximum atomic E-state index is 12.5. The first kappa shape index (κ1) is 18.1. The van der Waals surface area contributed by atoms with Crippen molar-refractivity contribution in [2.24, 2.45) is 11.8 Å². The van der Waals surface area contributed by atoms with Crippen molar-refractivity contribution >= 4 is 35.0 Å². The molecule has 0 bridgehead atoms. The fourth-order valence-electron chi connectivity index (χ4n) is 2.63. The Kier molecular flexibility index (Phi) is 6.31. The van der Waals surface area contributed by atoms with Crippen LogP contribution in [-0.2, 0) is 4.79 Å². The van der Waals surface area contributed by atoms with Gasteiger partial charge in [-0.05, 0) is 37.0 Å². The Hall–Kier alpha value is -1.26. The first-order valence-corrected chi connectivity index (χ1v) is 8.66. The summed E-state index contributed by atoms with van der Waals surface area (Å²) in [5.74, 6) is 0.411. The van der Waals surface area contributed by atoms with Crippen LogP contribution in [0.2, 0.25) is 10.0 Å². The Bertz CT molecular complexity index is 582. The second kappa shape index (κ2) is 8.02. The molecule has 0 spiro atoms. The lowest BCUT2D eigenvalue weighted by Gasteiger charge is -2.31. The van der Waals surface area contributed by atoms with Gasteiger partial charge in [0.15, 0.2) is 0 Å². The minimum atomic E-state index is -0.104. The van der Waals surface area contributed by atoms with E-state index in [1.165, 1.54) is 0 Å². The van der Waals surface area contributed by atoms with Gasteiger partial charge in [0, 0.05) is 30.6 Å². The van der Waals surface area contributed by atoms with Gasteiger partial charge in [0.2, 0.25) is 5.91 Å². The lowest BCUT2D eigenvalue weighted by Crippen LogP contribution is -2.43. The summed E-state index contributed by atoms with van der Waals surface area (Å²) in [6.45, 7) is 5.96. The molecule has 0 atom stereocenters. The number of halogens is 2. The summed E-state index contributed by atoms with van der Waals surface area (Å²) in [4.78, 5) is 26.4. The van der Waals surface area contributed by atoms with Crippen LogP contribution >= 0.6 is 23.2 Å². The Balaban J connectivity index is 1.91. The third-order valence-corrected chi connectivity index (χ3v) is 4.55. The van der Waals surface area contributed by atoms with Crippen LogP contribution in [0.3, 0.4) is 0 Å². The highest BCUT2D eigenvalue weighted by molar-refractivity contribution is 6.36. The molecule has 0 aromatic heterocycles. The predicted octanol–water partition coefficient (Wildman–Crippen LogP) is 3.62. The van der Waals surface area contributed by atoms with E-state index < -0.39 is 0 Å². The zero-order chi connectivity index (χ0) is 17.0. The Labute approximate surface area is 147 Å². The van der Waals surface area contributed by atoms with E-state index in [2.05, 4.69) is 19.2 Å². The molecule has 6 heteroatoms. The van der Waals surface area contributed by atoms with E-state index >= 15 is 0 Å². The average Bonchev–Trinajstić information content (AvgIpc) is 2.52. The van der Waals surface area contributed by atoms with Crippen molar-refractivity contribution in [1.82, 2.24) is 10.2 Å². The van der Waals surface area contributed by atoms with Gasteiger partial charge in [-0.2, -0.15) is 0 Å². The number of hydrogen-bond acceptors (Lipinski definition) is 2. The lowest BCUT2D eigenvalue weighted by atomic mass is 9.95. The average molecular weight is 357 g/mol. The Morgan fingerprint density at radius 1 is 1.26 bits per heavy atom. The maximum absolute atomic E-state index is 12.5. The van der Waals surface area contributed by atoms with Gasteiger partial charge in [0.1, 0.15) is 0 Å². The molecular formula is C17H22Cl2N2O2. The summed E-state index contributed by atoms with van der Waals surface area (Å²) in [7, 11) is 0. The predicted molar refractivity (Wildman–Crippen MR) is 92.9 cm³/mol. The van der Waals surface area contributed by atoms with Crippen molar-refractivity contribution < 1.29 is 9.59 Å². The highest BCUT2D eigenvalue weighted by Gasteiger charge is 2.28. The molecule has 126 valence electrons. The molecule has 0 aliphatic carbocycles. The third-order valence-electron chi connectivity index (χ3n) is 4.00. The van der Waals surface area contributed by atoms with Crippen molar-refractivity contribution in [3.8, 4) is 0 Å². The summed E-state index contributed by atoms with van der Waals surface area (Å²) >= 11 is 12.0. The number of benzene rings is 1. The maximum Gasteiger partial charge on any atom is 0.255 e. The van der Waals surface area contributed by atoms with Crippen molar-refractivity contribution in [2.75, 3.05) is 19.6 Å². The highest BCUT2D eigenvalue weighted by Crippen LogP contribution is 2.25. The summed E-state index contributed by atoms with van der Waals surface area (Å²) < 4.78 is 0. The Morgan fingerprint density at radius 3 is 2.48 bits per heavy atom. The van der Waals surface area contributed by atoms with E-state index in [9.17, 15) is 9.59 Å². The van der Waals surface area contributed by atoms with Crippen LogP contribution < -0.4 is 5.32 Å². The molecule has 1 heterocycles. The highest BCUT2D eigenvalue weighted by atomic mass is 35.5. The summed E-state index contributed by atoms with van der Waals surface area (Å²) in [5.41, 5.74) is 0.457. The van der Waals surface area contributed by atoms with Crippen molar-refractivity contribution in [1.29, 1.82) is 0 Å². The van der Waals surface area contributed by atoms with Crippen molar-refractivity contribution in [3.05, 3.63) is 33.8 Å². The fraction of sp³-hybridized carbons (Fsp3) is 0.529. The molecule has 1 aliphatic rings. The summed E-state index contributed by atoms with van der Waals surface area (Å²) in [6, 6.07) is 4.88. The number of nitrogens with one attached hydrogen (secondary N) is 1. The number of nitrogens with zero attached hydrogens (tertiary/aromatic N) is 1. The van der Waals surface area contributed by atoms with Crippen molar-refractivity contribution in [2.45, 2.75) is 26.7 Å². The van der Waals surface area contributed by atoms with Crippen LogP contribution in [0, 0.1) is 11.8 Å². The molecule has 1 aliphatic heterocycles. The molecule has 1 fully saturated rings. The van der Waals surface area contributed by atoms with Gasteiger partial charge in [0.05, 0.1) is 10.6 Å². The van der Waals surface area contributed by atoms with Gasteiger partial charge in [-0.25, -0.2) is 0 Å². The first-order chi connectivity index (χ1) is 10.9. The minimum absolute atomic E-state index is 0.0153. The van der Waals surface area contributed by atoms with Gasteiger partial charge in [-0.1, -0.05) is 37.0 Å². The smallest absolute Gasteiger partial charge is 0.255 e. The van der Waals surface area contributed by atoms with E-state index in [0.717, 1.165) is 0 Å². The molecule has 1 saturated heterocycles. The second-order valence-electron chi connectivity index (χ2n) is 6.33. The lowest BCUT2D eigenvalue weighted by molar-refractivity contribution is -0.126. The number of amides is 2. The Morgan fingerprint density at radius 2 is 1.91 bits per heavy atom. The topological polar surface area (TPSA) is 49.4 Å². The second-order valence-corrected chi connectivity index (χ2v) is 7.17. The monoisotopic (exact) mass is 356 g/mol. The number of likely N-dealkylation sites (tertiary alicyclic amines) is 1. The zero-order valence-electron chi connectivity index (χ0n) is 13.4. The normalized spacial score (nSPS) is 15.8. The number of carbonyl (C=O) groups excluding carboxylic acids is 2. The standard InChI is InChI=1S/C17H22Cl2N2O2/c1-11(2)10-20-16(22)12-5-7-21(8-6-12)17(23)14-4-3-13(18)9-15(14)19/h3-4,9,11-12H,5-8,10H2,1-2H3,(H,20,22). The fourth-order valence-corrected chi connectivity index (χ4v) is 3.12. The third kappa shape index (κ3) is 4.85. The number of rotatable bonds is 4. The molecule has 4 nitrogen and oxygen atoms in total. The van der Waals surface area contributed by atoms with Gasteiger partial charge in [-0.3, -0.25) is 9.59 Å². The van der Waals surface area contributed by atoms with Gasteiger partial charge in [-0.15, -0.1) is 0 Å². The van der Waals surface area contributed by atoms with E-state index in [1.54, 1.807) is 23.1 Å². The SMILES string of the molecule is CC(C)CNC(=O)C1CCN(C(=O)c2ccc(Cl)cc2Cl)CC1. The number of carbonyl (C=O) groups is 2. The zero-order valence-corrected chi connectivity index (χ0v) is 15.0. The summed E-state index contributed by atoms with van der Waals surface area (Å²) in [6.07, 6.45) is 1.36. The molecule has 1 aromatic rings. The van der Waals surface area contributed by atoms with E-state index in [-0.39, 0.29) is 17.7 Å². The van der Waals surface area contributed by atoms with Crippen LogP contribution in [0.15, 0.2) is 18.2 Å². The van der Waals surface area contributed by atoms with Crippen molar-refractivity contribution in [3.63, 3.8) is 0 Å². The van der Waals surface area contributed by atoms with Crippen LogP contribution in [-0.4, -0.2) is 36.3 Å². The van der Waals surface area contributed by atoms with E-state index in [1.807, 2.05) is 0 Å². The van der Waals surface area contributed by atoms with Gasteiger partial charge >= 0.3 is 0 Å². The largest absolute Gasteiger partial charge is 0.356 e. The van der Waals surface area contributed by atoms with Gasteiger partial charge < -0.3 is 10.2 Å². The van der Waals surface area contributed by atoms with E-state index in [0.29, 0.717) is 54.0 Å². The van der Waals surface area contributed by atoms with Crippen LogP contribution in [0.25, 0.3) is 0 Å². The van der Waals surface area contributed by atoms with Crippen LogP contribution in [0.5, 0.6) is 0 Å². The molecule has 0 unspecified atom stereocenters. The minimum Gasteiger partial charge on any atom is -0.356 e. The van der Waals surface area contributed by atoms with Gasteiger partial charge in [0.25, 0.3) is 5.91 Å². The first-order valence-electron chi connectivity index (χ1n) is 7.90. The molecule has 23 heavy (non-hydrogen) atoms. The number of hydrogen-bond donors (Lipinski definition) is 1. The molecule has 1 N–H and O–H groups in total. The summed E-state index contributed by atoms with van der Waals surface area (Å²) in [5, 5.41) is 3.83. The molecule has 2 amide bonds. The molecule has 1 aromatic carbocycles. The van der Waals surface area contributed by atoms with Crippen LogP contribution in [0.1, 0.15) is 37.0 Å². The molecule has 0 saturated carbocycles. The number of piperidine rings is 1. The quantitative estimate of drug-likeness (QED) is 0.895.